The molecule has 2 fully saturated rings. The van der Waals surface area contributed by atoms with E-state index < -0.39 is 51.4 Å². The second-order valence-corrected chi connectivity index (χ2v) is 13.6. The molecule has 4 N–H and O–H groups in total. The Hall–Kier alpha value is -3.29. The lowest BCUT2D eigenvalue weighted by Crippen LogP contribution is -2.58. The number of rotatable bonds is 10. The van der Waals surface area contributed by atoms with Crippen molar-refractivity contribution in [2.45, 2.75) is 61.5 Å². The topological polar surface area (TPSA) is 114 Å². The Kier molecular flexibility index (Phi) is 10.6. The third-order valence-corrected chi connectivity index (χ3v) is 10.9. The number of nitrogens with zero attached hydrogens (tertiary/aromatic N) is 1. The predicted octanol–water partition coefficient (Wildman–Crippen LogP) is 4.56. The highest BCUT2D eigenvalue weighted by molar-refractivity contribution is 7.89. The van der Waals surface area contributed by atoms with Crippen molar-refractivity contribution >= 4 is 21.6 Å². The highest BCUT2D eigenvalue weighted by atomic mass is 32.2. The Balaban J connectivity index is 1.36. The molecule has 8 nitrogen and oxygen atoms in total. The molecular formula is C33H39F3N4O4S. The van der Waals surface area contributed by atoms with Gasteiger partial charge in [0.2, 0.25) is 15.9 Å². The first kappa shape index (κ1) is 33.1. The Bertz CT molecular complexity index is 1590. The van der Waals surface area contributed by atoms with Gasteiger partial charge in [0.05, 0.1) is 10.9 Å². The lowest BCUT2D eigenvalue weighted by molar-refractivity contribution is -0.118. The normalized spacial score (nSPS) is 21.3. The highest BCUT2D eigenvalue weighted by Crippen LogP contribution is 2.36. The van der Waals surface area contributed by atoms with E-state index >= 15 is 4.39 Å². The largest absolute Gasteiger partial charge is 0.381 e. The van der Waals surface area contributed by atoms with Crippen molar-refractivity contribution in [3.63, 3.8) is 0 Å². The fourth-order valence-corrected chi connectivity index (χ4v) is 8.43. The number of anilines is 1. The summed E-state index contributed by atoms with van der Waals surface area (Å²) < 4.78 is 77.5. The quantitative estimate of drug-likeness (QED) is 0.298. The molecule has 242 valence electrons. The van der Waals surface area contributed by atoms with Gasteiger partial charge in [-0.25, -0.2) is 21.6 Å². The average molecular weight is 645 g/mol. The van der Waals surface area contributed by atoms with Crippen molar-refractivity contribution < 1.29 is 31.1 Å². The van der Waals surface area contributed by atoms with Gasteiger partial charge in [-0.2, -0.15) is 4.31 Å². The summed E-state index contributed by atoms with van der Waals surface area (Å²) in [6, 6.07) is 14.1. The first-order valence-corrected chi connectivity index (χ1v) is 16.7. The van der Waals surface area contributed by atoms with Gasteiger partial charge in [-0.15, -0.1) is 0 Å². The number of carbonyl (C=O) groups excluding carboxylic acids is 1. The second-order valence-electron chi connectivity index (χ2n) is 11.8. The summed E-state index contributed by atoms with van der Waals surface area (Å²) in [4.78, 5) is 13.8. The Morgan fingerprint density at radius 2 is 1.73 bits per heavy atom. The maximum absolute atomic E-state index is 15.3. The summed E-state index contributed by atoms with van der Waals surface area (Å²) in [5.74, 6) is -3.91. The molecule has 0 unspecified atom stereocenters. The maximum atomic E-state index is 15.3. The number of ether oxygens (including phenoxy) is 1. The van der Waals surface area contributed by atoms with Gasteiger partial charge in [0, 0.05) is 55.6 Å². The molecule has 4 atom stereocenters. The zero-order valence-corrected chi connectivity index (χ0v) is 25.9. The van der Waals surface area contributed by atoms with Crippen molar-refractivity contribution in [3.05, 3.63) is 95.3 Å². The summed E-state index contributed by atoms with van der Waals surface area (Å²) in [7, 11) is -3.81. The van der Waals surface area contributed by atoms with Crippen molar-refractivity contribution in [2.75, 3.05) is 31.6 Å². The average Bonchev–Trinajstić information content (AvgIpc) is 3.03. The number of amides is 1. The summed E-state index contributed by atoms with van der Waals surface area (Å²) >= 11 is 0. The molecule has 3 aromatic carbocycles. The first-order valence-electron chi connectivity index (χ1n) is 15.2. The number of hydrogen-bond acceptors (Lipinski definition) is 6. The van der Waals surface area contributed by atoms with Crippen LogP contribution in [0.4, 0.5) is 18.9 Å². The molecule has 0 spiro atoms. The van der Waals surface area contributed by atoms with Crippen LogP contribution in [0.5, 0.6) is 0 Å². The van der Waals surface area contributed by atoms with Crippen molar-refractivity contribution in [3.8, 4) is 0 Å². The monoisotopic (exact) mass is 644 g/mol. The zero-order valence-electron chi connectivity index (χ0n) is 25.1. The molecule has 2 saturated heterocycles. The smallest absolute Gasteiger partial charge is 0.243 e. The molecule has 0 saturated carbocycles. The molecule has 0 aromatic heterocycles. The van der Waals surface area contributed by atoms with Crippen molar-refractivity contribution in [1.29, 1.82) is 0 Å². The van der Waals surface area contributed by atoms with Crippen molar-refractivity contribution in [2.24, 2.45) is 11.7 Å². The van der Waals surface area contributed by atoms with Gasteiger partial charge in [0.15, 0.2) is 11.6 Å². The minimum absolute atomic E-state index is 0.116. The lowest BCUT2D eigenvalue weighted by atomic mass is 9.76. The van der Waals surface area contributed by atoms with Gasteiger partial charge in [-0.05, 0) is 80.5 Å². The number of sulfonamides is 1. The van der Waals surface area contributed by atoms with E-state index in [0.717, 1.165) is 12.1 Å². The van der Waals surface area contributed by atoms with E-state index in [1.165, 1.54) is 22.5 Å². The van der Waals surface area contributed by atoms with Crippen LogP contribution in [0, 0.1) is 23.4 Å². The van der Waals surface area contributed by atoms with Crippen LogP contribution in [0.15, 0.2) is 71.6 Å². The Morgan fingerprint density at radius 1 is 1.00 bits per heavy atom. The van der Waals surface area contributed by atoms with E-state index in [0.29, 0.717) is 51.1 Å². The zero-order chi connectivity index (χ0) is 32.1. The first-order chi connectivity index (χ1) is 21.6. The second kappa shape index (κ2) is 14.4. The van der Waals surface area contributed by atoms with E-state index in [9.17, 15) is 22.0 Å². The molecule has 45 heavy (non-hydrogen) atoms. The minimum atomic E-state index is -3.81. The van der Waals surface area contributed by atoms with Crippen LogP contribution in [-0.2, 0) is 26.0 Å². The van der Waals surface area contributed by atoms with E-state index in [1.54, 1.807) is 36.4 Å². The molecule has 0 aliphatic carbocycles. The summed E-state index contributed by atoms with van der Waals surface area (Å²) in [5, 5.41) is 6.05. The van der Waals surface area contributed by atoms with Gasteiger partial charge >= 0.3 is 0 Å². The van der Waals surface area contributed by atoms with E-state index in [2.05, 4.69) is 10.6 Å². The van der Waals surface area contributed by atoms with Crippen LogP contribution >= 0.6 is 0 Å². The van der Waals surface area contributed by atoms with Crippen LogP contribution < -0.4 is 16.4 Å². The molecule has 2 aliphatic heterocycles. The van der Waals surface area contributed by atoms with Crippen LogP contribution in [0.3, 0.4) is 0 Å². The fourth-order valence-electron chi connectivity index (χ4n) is 6.56. The molecule has 12 heteroatoms. The summed E-state index contributed by atoms with van der Waals surface area (Å²) in [5.41, 5.74) is 7.38. The van der Waals surface area contributed by atoms with E-state index in [4.69, 9.17) is 10.5 Å². The third kappa shape index (κ3) is 7.41. The Morgan fingerprint density at radius 3 is 2.44 bits per heavy atom. The number of hydrogen-bond donors (Lipinski definition) is 3. The standard InChI is InChI=1S/C33H39F3N4O4S/c1-21-19-38-20-24(40(21)45(42,43)25-6-3-2-4-7-25)11-12-26-27(34)8-5-9-30(26)39-33(41)32(37)31(22-14-16-44-17-15-22)23-10-13-28(35)29(36)18-23/h2-10,13,18,21-22,24,31-32,38H,11-12,14-17,19-20,37H2,1H3,(H,39,41)/t21-,24-,31+,32-/m0/s1. The lowest BCUT2D eigenvalue weighted by Gasteiger charge is -2.40. The van der Waals surface area contributed by atoms with E-state index in [1.807, 2.05) is 6.92 Å². The van der Waals surface area contributed by atoms with E-state index in [-0.39, 0.29) is 34.5 Å². The molecule has 0 bridgehead atoms. The number of nitrogens with two attached hydrogens (primary N) is 1. The van der Waals surface area contributed by atoms with Crippen LogP contribution in [0.25, 0.3) is 0 Å². The van der Waals surface area contributed by atoms with Crippen LogP contribution in [0.2, 0.25) is 0 Å². The van der Waals surface area contributed by atoms with Gasteiger partial charge in [0.25, 0.3) is 0 Å². The number of benzene rings is 3. The molecular weight excluding hydrogens is 605 g/mol. The maximum Gasteiger partial charge on any atom is 0.243 e. The molecule has 5 rings (SSSR count). The Labute approximate surface area is 262 Å². The van der Waals surface area contributed by atoms with Crippen LogP contribution in [0.1, 0.15) is 43.2 Å². The minimum Gasteiger partial charge on any atom is -0.381 e. The third-order valence-electron chi connectivity index (χ3n) is 8.83. The van der Waals surface area contributed by atoms with Gasteiger partial charge < -0.3 is 21.1 Å². The van der Waals surface area contributed by atoms with Gasteiger partial charge in [-0.1, -0.05) is 30.3 Å². The number of nitrogens with one attached hydrogen (secondary N) is 2. The number of carbonyl (C=O) groups is 1. The molecule has 0 radical (unpaired) electrons. The predicted molar refractivity (Wildman–Crippen MR) is 166 cm³/mol. The van der Waals surface area contributed by atoms with Crippen LogP contribution in [-0.4, -0.2) is 63.1 Å². The van der Waals surface area contributed by atoms with Crippen molar-refractivity contribution in [1.82, 2.24) is 9.62 Å². The molecule has 2 heterocycles. The molecule has 1 amide bonds. The number of halogens is 3. The molecule has 2 aliphatic rings. The summed E-state index contributed by atoms with van der Waals surface area (Å²) in [6.07, 6.45) is 1.61. The number of piperazine rings is 1. The fraction of sp³-hybridized carbons (Fsp3) is 0.424. The summed E-state index contributed by atoms with van der Waals surface area (Å²) in [6.45, 7) is 3.61. The highest BCUT2D eigenvalue weighted by Gasteiger charge is 2.38. The molecule has 3 aromatic rings. The van der Waals surface area contributed by atoms with Gasteiger partial charge in [-0.3, -0.25) is 4.79 Å². The van der Waals surface area contributed by atoms with Gasteiger partial charge in [0.1, 0.15) is 5.82 Å². The SMILES string of the molecule is C[C@H]1CNC[C@H](CCc2c(F)cccc2NC(=O)[C@@H](N)[C@@H](c2ccc(F)c(F)c2)C2CCOCC2)N1S(=O)(=O)c1ccccc1.